The van der Waals surface area contributed by atoms with Crippen molar-refractivity contribution in [2.75, 3.05) is 0 Å². The summed E-state index contributed by atoms with van der Waals surface area (Å²) >= 11 is 0. The fourth-order valence-electron chi connectivity index (χ4n) is 1.97. The van der Waals surface area contributed by atoms with Gasteiger partial charge in [-0.1, -0.05) is 12.1 Å². The highest BCUT2D eigenvalue weighted by atomic mass is 19.1. The van der Waals surface area contributed by atoms with Crippen LogP contribution in [0, 0.1) is 19.7 Å². The van der Waals surface area contributed by atoms with Gasteiger partial charge < -0.3 is 5.73 Å². The van der Waals surface area contributed by atoms with Crippen LogP contribution in [0.5, 0.6) is 0 Å². The van der Waals surface area contributed by atoms with Crippen molar-refractivity contribution < 1.29 is 4.39 Å². The van der Waals surface area contributed by atoms with Crippen LogP contribution in [0.4, 0.5) is 4.39 Å². The molecule has 0 bridgehead atoms. The molecule has 0 radical (unpaired) electrons. The zero-order valence-electron chi connectivity index (χ0n) is 10.5. The predicted octanol–water partition coefficient (Wildman–Crippen LogP) is 2.48. The Morgan fingerprint density at radius 1 is 1.22 bits per heavy atom. The van der Waals surface area contributed by atoms with Gasteiger partial charge in [0.15, 0.2) is 0 Å². The Hall–Kier alpha value is -1.81. The first kappa shape index (κ1) is 12.6. The van der Waals surface area contributed by atoms with E-state index in [1.165, 1.54) is 12.1 Å². The maximum Gasteiger partial charge on any atom is 0.123 e. The predicted molar refractivity (Wildman–Crippen MR) is 68.5 cm³/mol. The Balaban J connectivity index is 2.21. The number of aryl methyl sites for hydroxylation is 2. The first-order valence-corrected chi connectivity index (χ1v) is 5.87. The first-order chi connectivity index (χ1) is 8.56. The Labute approximate surface area is 106 Å². The van der Waals surface area contributed by atoms with Crippen LogP contribution in [0.1, 0.15) is 28.6 Å². The summed E-state index contributed by atoms with van der Waals surface area (Å²) in [7, 11) is 0. The fourth-order valence-corrected chi connectivity index (χ4v) is 1.97. The van der Waals surface area contributed by atoms with Crippen molar-refractivity contribution in [1.29, 1.82) is 0 Å². The van der Waals surface area contributed by atoms with Crippen molar-refractivity contribution in [3.8, 4) is 0 Å². The monoisotopic (exact) mass is 245 g/mol. The minimum Gasteiger partial charge on any atom is -0.324 e. The highest BCUT2D eigenvalue weighted by molar-refractivity contribution is 5.26. The molecule has 0 saturated carbocycles. The van der Waals surface area contributed by atoms with Gasteiger partial charge in [0, 0.05) is 6.04 Å². The van der Waals surface area contributed by atoms with Crippen molar-refractivity contribution in [3.63, 3.8) is 0 Å². The number of rotatable bonds is 3. The van der Waals surface area contributed by atoms with Crippen molar-refractivity contribution >= 4 is 0 Å². The van der Waals surface area contributed by atoms with Crippen LogP contribution in [-0.4, -0.2) is 10.2 Å². The van der Waals surface area contributed by atoms with E-state index in [1.807, 2.05) is 26.0 Å². The van der Waals surface area contributed by atoms with Crippen LogP contribution in [0.25, 0.3) is 0 Å². The quantitative estimate of drug-likeness (QED) is 0.903. The molecule has 1 atom stereocenters. The number of nitrogens with zero attached hydrogens (tertiary/aromatic N) is 2. The molecule has 0 spiro atoms. The molecule has 2 N–H and O–H groups in total. The largest absolute Gasteiger partial charge is 0.324 e. The molecule has 1 aromatic heterocycles. The lowest BCUT2D eigenvalue weighted by molar-refractivity contribution is 0.621. The molecule has 2 aromatic rings. The maximum absolute atomic E-state index is 13.1. The third-order valence-corrected chi connectivity index (χ3v) is 2.88. The zero-order chi connectivity index (χ0) is 13.1. The Kier molecular flexibility index (Phi) is 3.67. The summed E-state index contributed by atoms with van der Waals surface area (Å²) in [5, 5.41) is 8.03. The molecule has 3 nitrogen and oxygen atoms in total. The van der Waals surface area contributed by atoms with Crippen LogP contribution in [0.2, 0.25) is 0 Å². The van der Waals surface area contributed by atoms with Crippen molar-refractivity contribution in [2.24, 2.45) is 5.73 Å². The summed E-state index contributed by atoms with van der Waals surface area (Å²) in [4.78, 5) is 0. The minimum absolute atomic E-state index is 0.194. The third-order valence-electron chi connectivity index (χ3n) is 2.88. The van der Waals surface area contributed by atoms with E-state index in [0.717, 1.165) is 22.5 Å². The molecule has 4 heteroatoms. The molecule has 1 unspecified atom stereocenters. The summed E-state index contributed by atoms with van der Waals surface area (Å²) in [6.45, 7) is 3.76. The van der Waals surface area contributed by atoms with Gasteiger partial charge in [-0.2, -0.15) is 10.2 Å². The molecule has 0 aliphatic rings. The number of benzene rings is 1. The van der Waals surface area contributed by atoms with Crippen molar-refractivity contribution in [3.05, 3.63) is 58.7 Å². The van der Waals surface area contributed by atoms with Crippen LogP contribution >= 0.6 is 0 Å². The van der Waals surface area contributed by atoms with E-state index in [9.17, 15) is 4.39 Å². The summed E-state index contributed by atoms with van der Waals surface area (Å²) < 4.78 is 13.1. The van der Waals surface area contributed by atoms with Gasteiger partial charge in [0.2, 0.25) is 0 Å². The van der Waals surface area contributed by atoms with Crippen LogP contribution in [0.3, 0.4) is 0 Å². The second-order valence-electron chi connectivity index (χ2n) is 4.47. The van der Waals surface area contributed by atoms with Gasteiger partial charge in [-0.05, 0) is 49.6 Å². The van der Waals surface area contributed by atoms with Gasteiger partial charge in [0.05, 0.1) is 11.4 Å². The van der Waals surface area contributed by atoms with E-state index in [4.69, 9.17) is 5.73 Å². The number of aromatic nitrogens is 2. The van der Waals surface area contributed by atoms with Crippen molar-refractivity contribution in [2.45, 2.75) is 26.3 Å². The van der Waals surface area contributed by atoms with Crippen LogP contribution < -0.4 is 5.73 Å². The lowest BCUT2D eigenvalue weighted by Crippen LogP contribution is -2.16. The van der Waals surface area contributed by atoms with Gasteiger partial charge in [-0.15, -0.1) is 0 Å². The smallest absolute Gasteiger partial charge is 0.123 e. The van der Waals surface area contributed by atoms with Crippen LogP contribution in [-0.2, 0) is 6.42 Å². The lowest BCUT2D eigenvalue weighted by atomic mass is 9.98. The minimum atomic E-state index is -0.236. The summed E-state index contributed by atoms with van der Waals surface area (Å²) in [6, 6.07) is 8.25. The number of hydrogen-bond donors (Lipinski definition) is 1. The summed E-state index contributed by atoms with van der Waals surface area (Å²) in [5.74, 6) is -0.236. The van der Waals surface area contributed by atoms with Gasteiger partial charge >= 0.3 is 0 Å². The van der Waals surface area contributed by atoms with E-state index >= 15 is 0 Å². The van der Waals surface area contributed by atoms with E-state index < -0.39 is 0 Å². The summed E-state index contributed by atoms with van der Waals surface area (Å²) in [6.07, 6.45) is 0.587. The Bertz CT molecular complexity index is 554. The van der Waals surface area contributed by atoms with Gasteiger partial charge in [-0.3, -0.25) is 0 Å². The van der Waals surface area contributed by atoms with E-state index in [0.29, 0.717) is 6.42 Å². The van der Waals surface area contributed by atoms with Gasteiger partial charge in [0.1, 0.15) is 5.82 Å². The second kappa shape index (κ2) is 5.23. The van der Waals surface area contributed by atoms with E-state index in [1.54, 1.807) is 6.07 Å². The van der Waals surface area contributed by atoms with Crippen molar-refractivity contribution in [1.82, 2.24) is 10.2 Å². The second-order valence-corrected chi connectivity index (χ2v) is 4.47. The number of hydrogen-bond acceptors (Lipinski definition) is 3. The molecule has 0 aliphatic heterocycles. The molecule has 18 heavy (non-hydrogen) atoms. The molecular formula is C14H16FN3. The summed E-state index contributed by atoms with van der Waals surface area (Å²) in [5.41, 5.74) is 9.67. The van der Waals surface area contributed by atoms with E-state index in [2.05, 4.69) is 10.2 Å². The van der Waals surface area contributed by atoms with Crippen LogP contribution in [0.15, 0.2) is 30.3 Å². The zero-order valence-corrected chi connectivity index (χ0v) is 10.5. The highest BCUT2D eigenvalue weighted by Crippen LogP contribution is 2.19. The molecule has 0 fully saturated rings. The molecule has 0 saturated heterocycles. The molecule has 2 rings (SSSR count). The first-order valence-electron chi connectivity index (χ1n) is 5.87. The van der Waals surface area contributed by atoms with Gasteiger partial charge in [-0.25, -0.2) is 4.39 Å². The lowest BCUT2D eigenvalue weighted by Gasteiger charge is -2.14. The topological polar surface area (TPSA) is 51.8 Å². The standard InChI is InChI=1S/C14H16FN3/c1-9-6-13(10(2)18-17-9)14(16)8-11-4-3-5-12(15)7-11/h3-7,14H,8,16H2,1-2H3. The Morgan fingerprint density at radius 3 is 2.72 bits per heavy atom. The van der Waals surface area contributed by atoms with Gasteiger partial charge in [0.25, 0.3) is 0 Å². The van der Waals surface area contributed by atoms with E-state index in [-0.39, 0.29) is 11.9 Å². The highest BCUT2D eigenvalue weighted by Gasteiger charge is 2.12. The molecule has 0 amide bonds. The SMILES string of the molecule is Cc1cc(C(N)Cc2cccc(F)c2)c(C)nn1. The average Bonchev–Trinajstić information content (AvgIpc) is 2.32. The fraction of sp³-hybridized carbons (Fsp3) is 0.286. The molecule has 94 valence electrons. The third kappa shape index (κ3) is 2.90. The molecular weight excluding hydrogens is 229 g/mol. The normalized spacial score (nSPS) is 12.4. The molecule has 1 aromatic carbocycles. The Morgan fingerprint density at radius 2 is 2.00 bits per heavy atom. The molecule has 0 aliphatic carbocycles. The maximum atomic E-state index is 13.1. The average molecular weight is 245 g/mol. The molecule has 1 heterocycles. The number of halogens is 1. The number of nitrogens with two attached hydrogens (primary N) is 1.